The molecule has 2 N–H and O–H groups in total. The smallest absolute Gasteiger partial charge is 0.0437 e. The number of nitrogens with two attached hydrogens (primary N) is 1. The van der Waals surface area contributed by atoms with E-state index in [0.29, 0.717) is 6.04 Å². The first-order valence-electron chi connectivity index (χ1n) is 5.56. The van der Waals surface area contributed by atoms with E-state index < -0.39 is 0 Å². The molecule has 0 aromatic carbocycles. The second-order valence-electron chi connectivity index (χ2n) is 4.67. The van der Waals surface area contributed by atoms with Crippen molar-refractivity contribution in [1.82, 2.24) is 4.98 Å². The Morgan fingerprint density at radius 1 is 1.21 bits per heavy atom. The summed E-state index contributed by atoms with van der Waals surface area (Å²) in [6, 6.07) is 2.63. The molecule has 1 unspecified atom stereocenters. The molecule has 1 fully saturated rings. The lowest BCUT2D eigenvalue weighted by Gasteiger charge is -2.25. The molecule has 1 heterocycles. The van der Waals surface area contributed by atoms with Crippen molar-refractivity contribution < 1.29 is 0 Å². The number of aromatic nitrogens is 1. The molecule has 74 valence electrons. The quantitative estimate of drug-likeness (QED) is 0.729. The zero-order valence-electron chi connectivity index (χ0n) is 8.37. The van der Waals surface area contributed by atoms with E-state index in [1.807, 2.05) is 0 Å². The van der Waals surface area contributed by atoms with Gasteiger partial charge in [-0.25, -0.2) is 0 Å². The third kappa shape index (κ3) is 1.25. The first-order chi connectivity index (χ1) is 6.83. The van der Waals surface area contributed by atoms with Crippen molar-refractivity contribution in [2.75, 3.05) is 0 Å². The van der Waals surface area contributed by atoms with Gasteiger partial charge < -0.3 is 5.73 Å². The molecule has 2 aliphatic carbocycles. The molecular formula is C12H16N2. The minimum absolute atomic E-state index is 0.337. The Labute approximate surface area is 84.5 Å². The van der Waals surface area contributed by atoms with Crippen LogP contribution in [-0.4, -0.2) is 11.0 Å². The Kier molecular flexibility index (Phi) is 1.84. The number of rotatable bonds is 1. The SMILES string of the molecule is NC1Cc2cnc(C3CCC3)cc2C1. The molecule has 1 saturated carbocycles. The molecule has 14 heavy (non-hydrogen) atoms. The summed E-state index contributed by atoms with van der Waals surface area (Å²) < 4.78 is 0. The molecular weight excluding hydrogens is 172 g/mol. The lowest BCUT2D eigenvalue weighted by atomic mass is 9.82. The average molecular weight is 188 g/mol. The van der Waals surface area contributed by atoms with Crippen LogP contribution in [0.4, 0.5) is 0 Å². The standard InChI is InChI=1S/C12H16N2/c13-11-4-9-6-12(8-2-1-3-8)14-7-10(9)5-11/h6-8,11H,1-5,13H2. The number of hydrogen-bond donors (Lipinski definition) is 1. The molecule has 0 bridgehead atoms. The van der Waals surface area contributed by atoms with Crippen LogP contribution >= 0.6 is 0 Å². The maximum atomic E-state index is 5.93. The van der Waals surface area contributed by atoms with E-state index in [4.69, 9.17) is 5.73 Å². The van der Waals surface area contributed by atoms with Crippen molar-refractivity contribution in [2.45, 2.75) is 44.1 Å². The van der Waals surface area contributed by atoms with Crippen LogP contribution in [0.25, 0.3) is 0 Å². The fourth-order valence-electron chi connectivity index (χ4n) is 2.48. The molecule has 3 rings (SSSR count). The maximum Gasteiger partial charge on any atom is 0.0437 e. The number of hydrogen-bond acceptors (Lipinski definition) is 2. The summed E-state index contributed by atoms with van der Waals surface area (Å²) in [5.74, 6) is 0.747. The highest BCUT2D eigenvalue weighted by Crippen LogP contribution is 2.36. The summed E-state index contributed by atoms with van der Waals surface area (Å²) in [7, 11) is 0. The van der Waals surface area contributed by atoms with Crippen LogP contribution in [0.3, 0.4) is 0 Å². The van der Waals surface area contributed by atoms with Crippen molar-refractivity contribution >= 4 is 0 Å². The summed E-state index contributed by atoms with van der Waals surface area (Å²) in [5, 5.41) is 0. The second kappa shape index (κ2) is 3.06. The minimum atomic E-state index is 0.337. The van der Waals surface area contributed by atoms with E-state index in [1.165, 1.54) is 36.1 Å². The van der Waals surface area contributed by atoms with Crippen molar-refractivity contribution in [3.8, 4) is 0 Å². The van der Waals surface area contributed by atoms with Gasteiger partial charge in [-0.15, -0.1) is 0 Å². The van der Waals surface area contributed by atoms with Gasteiger partial charge in [0.15, 0.2) is 0 Å². The Hall–Kier alpha value is -0.890. The van der Waals surface area contributed by atoms with E-state index >= 15 is 0 Å². The minimum Gasteiger partial charge on any atom is -0.327 e. The van der Waals surface area contributed by atoms with Crippen molar-refractivity contribution in [3.05, 3.63) is 29.1 Å². The molecule has 0 radical (unpaired) electrons. The van der Waals surface area contributed by atoms with Gasteiger partial charge in [-0.1, -0.05) is 6.42 Å². The molecule has 1 aromatic heterocycles. The predicted octanol–water partition coefficient (Wildman–Crippen LogP) is 1.78. The van der Waals surface area contributed by atoms with Crippen molar-refractivity contribution in [2.24, 2.45) is 5.73 Å². The Bertz CT molecular complexity index is 355. The van der Waals surface area contributed by atoms with Crippen LogP contribution in [0.2, 0.25) is 0 Å². The monoisotopic (exact) mass is 188 g/mol. The number of fused-ring (bicyclic) bond motifs is 1. The third-order valence-electron chi connectivity index (χ3n) is 3.59. The highest BCUT2D eigenvalue weighted by Gasteiger charge is 2.24. The molecule has 0 aliphatic heterocycles. The van der Waals surface area contributed by atoms with Crippen LogP contribution < -0.4 is 5.73 Å². The Morgan fingerprint density at radius 2 is 2.00 bits per heavy atom. The normalized spacial score (nSPS) is 25.9. The fourth-order valence-corrected chi connectivity index (χ4v) is 2.48. The van der Waals surface area contributed by atoms with Gasteiger partial charge in [-0.2, -0.15) is 0 Å². The first-order valence-corrected chi connectivity index (χ1v) is 5.56. The molecule has 2 aliphatic rings. The largest absolute Gasteiger partial charge is 0.327 e. The molecule has 1 aromatic rings. The van der Waals surface area contributed by atoms with E-state index in [0.717, 1.165) is 18.8 Å². The van der Waals surface area contributed by atoms with Gasteiger partial charge in [-0.3, -0.25) is 4.98 Å². The molecule has 2 heteroatoms. The summed E-state index contributed by atoms with van der Waals surface area (Å²) in [5.41, 5.74) is 10.1. The van der Waals surface area contributed by atoms with E-state index in [-0.39, 0.29) is 0 Å². The first kappa shape index (κ1) is 8.42. The van der Waals surface area contributed by atoms with Crippen molar-refractivity contribution in [3.63, 3.8) is 0 Å². The van der Waals surface area contributed by atoms with Gasteiger partial charge in [0.1, 0.15) is 0 Å². The van der Waals surface area contributed by atoms with E-state index in [2.05, 4.69) is 17.2 Å². The lowest BCUT2D eigenvalue weighted by Crippen LogP contribution is -2.19. The van der Waals surface area contributed by atoms with Gasteiger partial charge in [-0.05, 0) is 42.9 Å². The molecule has 2 nitrogen and oxygen atoms in total. The second-order valence-corrected chi connectivity index (χ2v) is 4.67. The van der Waals surface area contributed by atoms with Gasteiger partial charge >= 0.3 is 0 Å². The van der Waals surface area contributed by atoms with Crippen LogP contribution in [0.5, 0.6) is 0 Å². The molecule has 0 spiro atoms. The summed E-state index contributed by atoms with van der Waals surface area (Å²) >= 11 is 0. The average Bonchev–Trinajstić information content (AvgIpc) is 2.40. The van der Waals surface area contributed by atoms with E-state index in [1.54, 1.807) is 0 Å². The molecule has 0 saturated heterocycles. The van der Waals surface area contributed by atoms with Crippen LogP contribution in [-0.2, 0) is 12.8 Å². The van der Waals surface area contributed by atoms with Crippen LogP contribution in [0.15, 0.2) is 12.3 Å². The molecule has 0 amide bonds. The zero-order valence-corrected chi connectivity index (χ0v) is 8.37. The fraction of sp³-hybridized carbons (Fsp3) is 0.583. The predicted molar refractivity (Wildman–Crippen MR) is 56.2 cm³/mol. The summed E-state index contributed by atoms with van der Waals surface area (Å²) in [6.07, 6.45) is 8.17. The van der Waals surface area contributed by atoms with Gasteiger partial charge in [0, 0.05) is 23.9 Å². The van der Waals surface area contributed by atoms with Crippen molar-refractivity contribution in [1.29, 1.82) is 0 Å². The maximum absolute atomic E-state index is 5.93. The van der Waals surface area contributed by atoms with Crippen LogP contribution in [0.1, 0.15) is 42.0 Å². The van der Waals surface area contributed by atoms with Gasteiger partial charge in [0.2, 0.25) is 0 Å². The topological polar surface area (TPSA) is 38.9 Å². The molecule has 1 atom stereocenters. The number of pyridine rings is 1. The van der Waals surface area contributed by atoms with Gasteiger partial charge in [0.25, 0.3) is 0 Å². The van der Waals surface area contributed by atoms with Gasteiger partial charge in [0.05, 0.1) is 0 Å². The van der Waals surface area contributed by atoms with E-state index in [9.17, 15) is 0 Å². The zero-order chi connectivity index (χ0) is 9.54. The third-order valence-corrected chi connectivity index (χ3v) is 3.59. The van der Waals surface area contributed by atoms with Crippen LogP contribution in [0, 0.1) is 0 Å². The number of nitrogens with zero attached hydrogens (tertiary/aromatic N) is 1. The summed E-state index contributed by atoms with van der Waals surface area (Å²) in [4.78, 5) is 4.55. The Morgan fingerprint density at radius 3 is 2.71 bits per heavy atom. The summed E-state index contributed by atoms with van der Waals surface area (Å²) in [6.45, 7) is 0. The highest BCUT2D eigenvalue weighted by molar-refractivity contribution is 5.34. The highest BCUT2D eigenvalue weighted by atomic mass is 14.7. The Balaban J connectivity index is 1.91. The lowest BCUT2D eigenvalue weighted by molar-refractivity contribution is 0.411.